The molecule has 0 aliphatic heterocycles. The number of ether oxygens (including phenoxy) is 3. The van der Waals surface area contributed by atoms with E-state index in [4.69, 9.17) is 14.2 Å². The molecule has 11 nitrogen and oxygen atoms in total. The van der Waals surface area contributed by atoms with Crippen molar-refractivity contribution in [3.05, 3.63) is 35.9 Å². The van der Waals surface area contributed by atoms with Crippen LogP contribution in [0.25, 0.3) is 0 Å². The summed E-state index contributed by atoms with van der Waals surface area (Å²) in [5, 5.41) is 2.19. The van der Waals surface area contributed by atoms with Crippen molar-refractivity contribution >= 4 is 28.0 Å². The number of benzene rings is 1. The van der Waals surface area contributed by atoms with Gasteiger partial charge in [-0.15, -0.1) is 0 Å². The molecule has 2 N–H and O–H groups in total. The standard InChI is InChI=1S/C17H20N4O7S/c1-4-28-15(22)9-11-7-5-6-8-12(11)29(24,25)21-17(23)20-16-18-13(26-2)10-14(19-16)27-3/h5-8,10H,4,9H2,1-3H3,(H2,18,19,20,21,23). The fraction of sp³-hybridized carbons (Fsp3) is 0.294. The number of rotatable bonds is 8. The first-order valence-corrected chi connectivity index (χ1v) is 9.81. The molecule has 0 aliphatic carbocycles. The van der Waals surface area contributed by atoms with Crippen molar-refractivity contribution in [1.82, 2.24) is 14.7 Å². The van der Waals surface area contributed by atoms with E-state index in [0.29, 0.717) is 0 Å². The fourth-order valence-corrected chi connectivity index (χ4v) is 3.40. The minimum Gasteiger partial charge on any atom is -0.481 e. The average Bonchev–Trinajstić information content (AvgIpc) is 2.67. The molecule has 2 rings (SSSR count). The minimum atomic E-state index is -4.29. The molecule has 0 fully saturated rings. The predicted molar refractivity (Wildman–Crippen MR) is 101 cm³/mol. The number of hydrogen-bond acceptors (Lipinski definition) is 9. The van der Waals surface area contributed by atoms with Gasteiger partial charge in [-0.3, -0.25) is 10.1 Å². The number of nitrogens with zero attached hydrogens (tertiary/aromatic N) is 2. The summed E-state index contributed by atoms with van der Waals surface area (Å²) in [6, 6.07) is 6.05. The summed E-state index contributed by atoms with van der Waals surface area (Å²) >= 11 is 0. The number of sulfonamides is 1. The van der Waals surface area contributed by atoms with Gasteiger partial charge in [0.1, 0.15) is 0 Å². The summed E-state index contributed by atoms with van der Waals surface area (Å²) in [5.41, 5.74) is 0.186. The van der Waals surface area contributed by atoms with Crippen LogP contribution in [-0.4, -0.2) is 51.2 Å². The van der Waals surface area contributed by atoms with Crippen molar-refractivity contribution in [2.24, 2.45) is 0 Å². The minimum absolute atomic E-state index is 0.106. The Morgan fingerprint density at radius 3 is 2.28 bits per heavy atom. The normalized spacial score (nSPS) is 10.7. The molecular formula is C17H20N4O7S. The van der Waals surface area contributed by atoms with Gasteiger partial charge in [0.15, 0.2) is 0 Å². The third-order valence-corrected chi connectivity index (χ3v) is 4.88. The molecule has 156 valence electrons. The molecule has 0 saturated carbocycles. The van der Waals surface area contributed by atoms with Gasteiger partial charge in [-0.05, 0) is 18.6 Å². The smallest absolute Gasteiger partial charge is 0.335 e. The first-order chi connectivity index (χ1) is 13.8. The molecule has 0 saturated heterocycles. The molecule has 0 aliphatic rings. The Labute approximate surface area is 167 Å². The summed E-state index contributed by atoms with van der Waals surface area (Å²) in [4.78, 5) is 31.4. The van der Waals surface area contributed by atoms with E-state index in [1.807, 2.05) is 4.72 Å². The van der Waals surface area contributed by atoms with Crippen molar-refractivity contribution in [2.75, 3.05) is 26.1 Å². The van der Waals surface area contributed by atoms with Crippen LogP contribution in [0.3, 0.4) is 0 Å². The summed E-state index contributed by atoms with van der Waals surface area (Å²) in [6.07, 6.45) is -0.261. The first-order valence-electron chi connectivity index (χ1n) is 8.33. The zero-order chi connectivity index (χ0) is 21.4. The Kier molecular flexibility index (Phi) is 7.31. The van der Waals surface area contributed by atoms with Crippen molar-refractivity contribution in [3.8, 4) is 11.8 Å². The lowest BCUT2D eigenvalue weighted by molar-refractivity contribution is -0.142. The molecule has 0 atom stereocenters. The van der Waals surface area contributed by atoms with Crippen LogP contribution in [0.1, 0.15) is 12.5 Å². The number of amides is 2. The second-order valence-corrected chi connectivity index (χ2v) is 7.08. The van der Waals surface area contributed by atoms with E-state index in [-0.39, 0.29) is 41.2 Å². The van der Waals surface area contributed by atoms with Crippen molar-refractivity contribution in [2.45, 2.75) is 18.2 Å². The molecule has 1 aromatic heterocycles. The number of esters is 1. The van der Waals surface area contributed by atoms with E-state index in [2.05, 4.69) is 15.3 Å². The molecular weight excluding hydrogens is 404 g/mol. The van der Waals surface area contributed by atoms with Gasteiger partial charge < -0.3 is 14.2 Å². The number of aromatic nitrogens is 2. The van der Waals surface area contributed by atoms with Crippen LogP contribution in [-0.2, 0) is 26.0 Å². The molecule has 12 heteroatoms. The number of nitrogens with one attached hydrogen (secondary N) is 2. The quantitative estimate of drug-likeness (QED) is 0.595. The number of methoxy groups -OCH3 is 2. The maximum atomic E-state index is 12.6. The maximum Gasteiger partial charge on any atom is 0.335 e. The van der Waals surface area contributed by atoms with Gasteiger partial charge in [-0.1, -0.05) is 18.2 Å². The third kappa shape index (κ3) is 6.04. The van der Waals surface area contributed by atoms with E-state index >= 15 is 0 Å². The molecule has 0 unspecified atom stereocenters. The molecule has 2 amide bonds. The zero-order valence-electron chi connectivity index (χ0n) is 16.0. The fourth-order valence-electron chi connectivity index (χ4n) is 2.25. The number of carbonyl (C=O) groups excluding carboxylic acids is 2. The van der Waals surface area contributed by atoms with Crippen LogP contribution < -0.4 is 19.5 Å². The lowest BCUT2D eigenvalue weighted by atomic mass is 10.1. The summed E-state index contributed by atoms with van der Waals surface area (Å²) in [6.45, 7) is 1.81. The SMILES string of the molecule is CCOC(=O)Cc1ccccc1S(=O)(=O)NC(=O)Nc1nc(OC)cc(OC)n1. The molecule has 0 bridgehead atoms. The highest BCUT2D eigenvalue weighted by Crippen LogP contribution is 2.18. The van der Waals surface area contributed by atoms with E-state index in [1.54, 1.807) is 13.0 Å². The van der Waals surface area contributed by atoms with Gasteiger partial charge in [-0.2, -0.15) is 9.97 Å². The maximum absolute atomic E-state index is 12.6. The second kappa shape index (κ2) is 9.68. The molecule has 29 heavy (non-hydrogen) atoms. The predicted octanol–water partition coefficient (Wildman–Crippen LogP) is 1.11. The Balaban J connectivity index is 2.19. The first kappa shape index (κ1) is 21.9. The van der Waals surface area contributed by atoms with Crippen LogP contribution in [0.5, 0.6) is 11.8 Å². The Hall–Kier alpha value is -3.41. The van der Waals surface area contributed by atoms with Gasteiger partial charge in [0.2, 0.25) is 17.7 Å². The average molecular weight is 424 g/mol. The van der Waals surface area contributed by atoms with E-state index in [0.717, 1.165) is 0 Å². The number of anilines is 1. The molecule has 2 aromatic rings. The summed E-state index contributed by atoms with van der Waals surface area (Å²) in [5.74, 6) is -0.602. The van der Waals surface area contributed by atoms with Gasteiger partial charge in [0.05, 0.1) is 38.2 Å². The van der Waals surface area contributed by atoms with Gasteiger partial charge in [0.25, 0.3) is 10.0 Å². The Bertz CT molecular complexity index is 973. The molecule has 0 spiro atoms. The number of hydrogen-bond donors (Lipinski definition) is 2. The lowest BCUT2D eigenvalue weighted by Crippen LogP contribution is -2.35. The van der Waals surface area contributed by atoms with Crippen LogP contribution in [0.4, 0.5) is 10.7 Å². The summed E-state index contributed by atoms with van der Waals surface area (Å²) in [7, 11) is -1.57. The van der Waals surface area contributed by atoms with E-state index < -0.39 is 22.0 Å². The highest BCUT2D eigenvalue weighted by molar-refractivity contribution is 7.90. The van der Waals surface area contributed by atoms with Crippen molar-refractivity contribution in [3.63, 3.8) is 0 Å². The lowest BCUT2D eigenvalue weighted by Gasteiger charge is -2.12. The van der Waals surface area contributed by atoms with E-state index in [1.165, 1.54) is 38.5 Å². The highest BCUT2D eigenvalue weighted by atomic mass is 32.2. The Morgan fingerprint density at radius 2 is 1.69 bits per heavy atom. The van der Waals surface area contributed by atoms with Crippen molar-refractivity contribution < 1.29 is 32.2 Å². The molecule has 1 aromatic carbocycles. The molecule has 0 radical (unpaired) electrons. The van der Waals surface area contributed by atoms with Crippen LogP contribution >= 0.6 is 0 Å². The summed E-state index contributed by atoms with van der Waals surface area (Å²) < 4.78 is 41.9. The molecule has 1 heterocycles. The Morgan fingerprint density at radius 1 is 1.07 bits per heavy atom. The van der Waals surface area contributed by atoms with Crippen LogP contribution in [0.2, 0.25) is 0 Å². The van der Waals surface area contributed by atoms with Crippen LogP contribution in [0, 0.1) is 0 Å². The van der Waals surface area contributed by atoms with Crippen LogP contribution in [0.15, 0.2) is 35.2 Å². The van der Waals surface area contributed by atoms with Gasteiger partial charge in [-0.25, -0.2) is 17.9 Å². The third-order valence-electron chi connectivity index (χ3n) is 3.45. The topological polar surface area (TPSA) is 146 Å². The van der Waals surface area contributed by atoms with Gasteiger partial charge >= 0.3 is 12.0 Å². The zero-order valence-corrected chi connectivity index (χ0v) is 16.8. The van der Waals surface area contributed by atoms with E-state index in [9.17, 15) is 18.0 Å². The van der Waals surface area contributed by atoms with Gasteiger partial charge in [0, 0.05) is 0 Å². The second-order valence-electron chi connectivity index (χ2n) is 5.43. The van der Waals surface area contributed by atoms with Crippen molar-refractivity contribution in [1.29, 1.82) is 0 Å². The highest BCUT2D eigenvalue weighted by Gasteiger charge is 2.23. The largest absolute Gasteiger partial charge is 0.481 e. The monoisotopic (exact) mass is 424 g/mol. The number of carbonyl (C=O) groups is 2. The number of urea groups is 1.